The third kappa shape index (κ3) is 3.36. The molecule has 0 bridgehead atoms. The first-order valence-corrected chi connectivity index (χ1v) is 6.67. The van der Waals surface area contributed by atoms with Crippen LogP contribution in [0.2, 0.25) is 0 Å². The zero-order chi connectivity index (χ0) is 15.8. The van der Waals surface area contributed by atoms with Gasteiger partial charge in [-0.3, -0.25) is 4.79 Å². The molecule has 1 unspecified atom stereocenters. The first-order valence-electron chi connectivity index (χ1n) is 6.67. The average Bonchev–Trinajstić information content (AvgIpc) is 2.57. The molecule has 1 aromatic rings. The molecule has 0 aromatic carbocycles. The molecule has 7 heteroatoms. The number of nitrogens with one attached hydrogen (secondary N) is 1. The summed E-state index contributed by atoms with van der Waals surface area (Å²) in [4.78, 5) is 30.4. The fourth-order valence-electron chi connectivity index (χ4n) is 2.58. The highest BCUT2D eigenvalue weighted by Gasteiger charge is 2.46. The smallest absolute Gasteiger partial charge is 0.356 e. The third-order valence-corrected chi connectivity index (χ3v) is 3.48. The summed E-state index contributed by atoms with van der Waals surface area (Å²) >= 11 is 0. The standard InChI is InChI=1S/C14H19N3O4/c1-13(2)5-10(14(3,4)21-13)17-11(18)8-6-16-9(7-15-8)12(19)20/h6-7,10H,5H2,1-4H3,(H,17,18)(H,19,20). The molecular formula is C14H19N3O4. The van der Waals surface area contributed by atoms with E-state index in [9.17, 15) is 9.59 Å². The van der Waals surface area contributed by atoms with Crippen LogP contribution < -0.4 is 5.32 Å². The Morgan fingerprint density at radius 3 is 2.24 bits per heavy atom. The van der Waals surface area contributed by atoms with E-state index < -0.39 is 11.6 Å². The van der Waals surface area contributed by atoms with E-state index >= 15 is 0 Å². The van der Waals surface area contributed by atoms with Crippen LogP contribution >= 0.6 is 0 Å². The SMILES string of the molecule is CC1(C)CC(NC(=O)c2cnc(C(=O)O)cn2)C(C)(C)O1. The van der Waals surface area contributed by atoms with Gasteiger partial charge in [-0.15, -0.1) is 0 Å². The van der Waals surface area contributed by atoms with Gasteiger partial charge in [-0.25, -0.2) is 14.8 Å². The number of rotatable bonds is 3. The summed E-state index contributed by atoms with van der Waals surface area (Å²) in [6.45, 7) is 7.79. The molecule has 0 spiro atoms. The molecule has 2 rings (SSSR count). The molecule has 1 atom stereocenters. The van der Waals surface area contributed by atoms with Crippen LogP contribution in [0.1, 0.15) is 55.1 Å². The number of ether oxygens (including phenoxy) is 1. The number of nitrogens with zero attached hydrogens (tertiary/aromatic N) is 2. The fourth-order valence-corrected chi connectivity index (χ4v) is 2.58. The molecule has 7 nitrogen and oxygen atoms in total. The molecule has 21 heavy (non-hydrogen) atoms. The Morgan fingerprint density at radius 2 is 1.81 bits per heavy atom. The minimum atomic E-state index is -1.18. The van der Waals surface area contributed by atoms with Crippen LogP contribution in [0.25, 0.3) is 0 Å². The van der Waals surface area contributed by atoms with E-state index in [1.54, 1.807) is 0 Å². The van der Waals surface area contributed by atoms with Crippen molar-refractivity contribution >= 4 is 11.9 Å². The summed E-state index contributed by atoms with van der Waals surface area (Å²) < 4.78 is 5.91. The summed E-state index contributed by atoms with van der Waals surface area (Å²) in [5.74, 6) is -1.57. The number of aromatic nitrogens is 2. The number of carbonyl (C=O) groups is 2. The highest BCUT2D eigenvalue weighted by atomic mass is 16.5. The van der Waals surface area contributed by atoms with Crippen molar-refractivity contribution in [2.75, 3.05) is 0 Å². The van der Waals surface area contributed by atoms with Crippen LogP contribution in [0.4, 0.5) is 0 Å². The average molecular weight is 293 g/mol. The van der Waals surface area contributed by atoms with Crippen LogP contribution in [0.3, 0.4) is 0 Å². The van der Waals surface area contributed by atoms with Crippen LogP contribution in [-0.4, -0.2) is 44.2 Å². The largest absolute Gasteiger partial charge is 0.476 e. The van der Waals surface area contributed by atoms with Crippen molar-refractivity contribution in [3.05, 3.63) is 23.8 Å². The first kappa shape index (κ1) is 15.4. The molecule has 1 amide bonds. The van der Waals surface area contributed by atoms with Gasteiger partial charge in [-0.1, -0.05) is 0 Å². The summed E-state index contributed by atoms with van der Waals surface area (Å²) in [5, 5.41) is 11.6. The summed E-state index contributed by atoms with van der Waals surface area (Å²) in [6, 6.07) is -0.152. The van der Waals surface area contributed by atoms with Crippen LogP contribution in [0, 0.1) is 0 Å². The van der Waals surface area contributed by atoms with Gasteiger partial charge in [-0.05, 0) is 34.1 Å². The van der Waals surface area contributed by atoms with Crippen molar-refractivity contribution in [2.45, 2.75) is 51.4 Å². The van der Waals surface area contributed by atoms with Crippen molar-refractivity contribution in [3.8, 4) is 0 Å². The number of hydrogen-bond acceptors (Lipinski definition) is 5. The lowest BCUT2D eigenvalue weighted by molar-refractivity contribution is -0.0693. The van der Waals surface area contributed by atoms with Gasteiger partial charge in [0.15, 0.2) is 5.69 Å². The predicted molar refractivity (Wildman–Crippen MR) is 74.1 cm³/mol. The zero-order valence-corrected chi connectivity index (χ0v) is 12.5. The van der Waals surface area contributed by atoms with E-state index in [4.69, 9.17) is 9.84 Å². The van der Waals surface area contributed by atoms with Crippen molar-refractivity contribution < 1.29 is 19.4 Å². The summed E-state index contributed by atoms with van der Waals surface area (Å²) in [5.41, 5.74) is -0.897. The number of amides is 1. The van der Waals surface area contributed by atoms with E-state index in [-0.39, 0.29) is 28.9 Å². The van der Waals surface area contributed by atoms with Gasteiger partial charge >= 0.3 is 5.97 Å². The predicted octanol–water partition coefficient (Wildman–Crippen LogP) is 1.25. The van der Waals surface area contributed by atoms with Crippen molar-refractivity contribution in [1.29, 1.82) is 0 Å². The van der Waals surface area contributed by atoms with Crippen molar-refractivity contribution in [1.82, 2.24) is 15.3 Å². The molecule has 114 valence electrons. The Labute approximate surface area is 122 Å². The second-order valence-electron chi connectivity index (χ2n) is 6.29. The van der Waals surface area contributed by atoms with Gasteiger partial charge in [0.2, 0.25) is 0 Å². The molecule has 1 aliphatic heterocycles. The third-order valence-electron chi connectivity index (χ3n) is 3.48. The van der Waals surface area contributed by atoms with Crippen LogP contribution in [0.5, 0.6) is 0 Å². The van der Waals surface area contributed by atoms with Gasteiger partial charge in [0.25, 0.3) is 5.91 Å². The van der Waals surface area contributed by atoms with E-state index in [1.807, 2.05) is 27.7 Å². The molecule has 2 heterocycles. The fraction of sp³-hybridized carbons (Fsp3) is 0.571. The lowest BCUT2D eigenvalue weighted by Crippen LogP contribution is -2.46. The van der Waals surface area contributed by atoms with E-state index in [2.05, 4.69) is 15.3 Å². The molecule has 0 aliphatic carbocycles. The maximum absolute atomic E-state index is 12.2. The molecule has 1 aromatic heterocycles. The molecule has 0 radical (unpaired) electrons. The minimum absolute atomic E-state index is 0.0838. The molecule has 0 saturated carbocycles. The second-order valence-corrected chi connectivity index (χ2v) is 6.29. The number of carboxylic acids is 1. The van der Waals surface area contributed by atoms with Crippen molar-refractivity contribution in [3.63, 3.8) is 0 Å². The normalized spacial score (nSPS) is 22.8. The van der Waals surface area contributed by atoms with E-state index in [1.165, 1.54) is 0 Å². The maximum Gasteiger partial charge on any atom is 0.356 e. The molecular weight excluding hydrogens is 274 g/mol. The lowest BCUT2D eigenvalue weighted by atomic mass is 9.94. The van der Waals surface area contributed by atoms with Crippen LogP contribution in [-0.2, 0) is 4.74 Å². The highest BCUT2D eigenvalue weighted by molar-refractivity contribution is 5.93. The summed E-state index contributed by atoms with van der Waals surface area (Å²) in [7, 11) is 0. The molecule has 1 saturated heterocycles. The Hall–Kier alpha value is -2.02. The second kappa shape index (κ2) is 5.07. The molecule has 1 fully saturated rings. The summed E-state index contributed by atoms with van der Waals surface area (Å²) in [6.07, 6.45) is 2.91. The van der Waals surface area contributed by atoms with E-state index in [0.717, 1.165) is 12.4 Å². The van der Waals surface area contributed by atoms with Gasteiger partial charge in [0.1, 0.15) is 5.69 Å². The number of aromatic carboxylic acids is 1. The number of carboxylic acid groups (broad SMARTS) is 1. The quantitative estimate of drug-likeness (QED) is 0.869. The van der Waals surface area contributed by atoms with Gasteiger partial charge < -0.3 is 15.2 Å². The Kier molecular flexibility index (Phi) is 3.71. The van der Waals surface area contributed by atoms with Crippen molar-refractivity contribution in [2.24, 2.45) is 0 Å². The zero-order valence-electron chi connectivity index (χ0n) is 12.5. The molecule has 1 aliphatic rings. The van der Waals surface area contributed by atoms with Gasteiger partial charge in [-0.2, -0.15) is 0 Å². The Morgan fingerprint density at radius 1 is 1.24 bits per heavy atom. The monoisotopic (exact) mass is 293 g/mol. The molecule has 2 N–H and O–H groups in total. The topological polar surface area (TPSA) is 101 Å². The minimum Gasteiger partial charge on any atom is -0.476 e. The Balaban J connectivity index is 2.09. The van der Waals surface area contributed by atoms with Crippen LogP contribution in [0.15, 0.2) is 12.4 Å². The van der Waals surface area contributed by atoms with Gasteiger partial charge in [0.05, 0.1) is 29.6 Å². The van der Waals surface area contributed by atoms with Gasteiger partial charge in [0, 0.05) is 0 Å². The highest BCUT2D eigenvalue weighted by Crippen LogP contribution is 2.37. The maximum atomic E-state index is 12.2. The first-order chi connectivity index (χ1) is 9.61. The number of hydrogen-bond donors (Lipinski definition) is 2. The number of carbonyl (C=O) groups excluding carboxylic acids is 1. The Bertz CT molecular complexity index is 566. The lowest BCUT2D eigenvalue weighted by Gasteiger charge is -2.27. The van der Waals surface area contributed by atoms with E-state index in [0.29, 0.717) is 6.42 Å².